The highest BCUT2D eigenvalue weighted by Gasteiger charge is 2.19. The maximum atomic E-state index is 12.7. The molecule has 0 fully saturated rings. The minimum Gasteiger partial charge on any atom is -0.462 e. The lowest BCUT2D eigenvalue weighted by Crippen LogP contribution is -2.30. The molecule has 6 nitrogen and oxygen atoms in total. The second-order valence-corrected chi connectivity index (χ2v) is 17.1. The van der Waals surface area contributed by atoms with Crippen molar-refractivity contribution in [1.29, 1.82) is 0 Å². The topological polar surface area (TPSA) is 78.9 Å². The Balaban J connectivity index is 4.29. The monoisotopic (exact) mass is 829 g/mol. The number of esters is 3. The van der Waals surface area contributed by atoms with Crippen LogP contribution in [0.25, 0.3) is 0 Å². The van der Waals surface area contributed by atoms with E-state index in [9.17, 15) is 14.4 Å². The van der Waals surface area contributed by atoms with Crippen LogP contribution >= 0.6 is 0 Å². The van der Waals surface area contributed by atoms with Crippen molar-refractivity contribution in [3.63, 3.8) is 0 Å². The zero-order valence-electron chi connectivity index (χ0n) is 39.3. The van der Waals surface area contributed by atoms with Crippen molar-refractivity contribution in [1.82, 2.24) is 0 Å². The van der Waals surface area contributed by atoms with Gasteiger partial charge in [-0.2, -0.15) is 0 Å². The van der Waals surface area contributed by atoms with Crippen LogP contribution in [-0.4, -0.2) is 37.2 Å². The van der Waals surface area contributed by atoms with Crippen molar-refractivity contribution in [2.45, 2.75) is 271 Å². The van der Waals surface area contributed by atoms with Gasteiger partial charge in [0.25, 0.3) is 0 Å². The van der Waals surface area contributed by atoms with Gasteiger partial charge in [0.1, 0.15) is 13.2 Å². The number of allylic oxidation sites excluding steroid dienone is 6. The molecular weight excluding hydrogens is 733 g/mol. The quantitative estimate of drug-likeness (QED) is 0.0263. The Kier molecular flexibility index (Phi) is 46.4. The largest absolute Gasteiger partial charge is 0.462 e. The molecule has 0 aromatic carbocycles. The van der Waals surface area contributed by atoms with E-state index in [1.54, 1.807) is 0 Å². The lowest BCUT2D eigenvalue weighted by molar-refractivity contribution is -0.167. The van der Waals surface area contributed by atoms with Gasteiger partial charge in [-0.1, -0.05) is 211 Å². The molecule has 0 saturated heterocycles. The summed E-state index contributed by atoms with van der Waals surface area (Å²) in [6.45, 7) is 6.57. The first-order chi connectivity index (χ1) is 29.0. The van der Waals surface area contributed by atoms with Crippen LogP contribution in [0.15, 0.2) is 36.5 Å². The van der Waals surface area contributed by atoms with Crippen molar-refractivity contribution in [2.24, 2.45) is 0 Å². The highest BCUT2D eigenvalue weighted by atomic mass is 16.6. The first kappa shape index (κ1) is 56.6. The smallest absolute Gasteiger partial charge is 0.306 e. The van der Waals surface area contributed by atoms with E-state index in [0.717, 1.165) is 77.0 Å². The summed E-state index contributed by atoms with van der Waals surface area (Å²) in [4.78, 5) is 37.8. The summed E-state index contributed by atoms with van der Waals surface area (Å²) in [6.07, 6.45) is 55.5. The molecule has 1 atom stereocenters. The molecule has 0 aliphatic carbocycles. The molecule has 0 aliphatic rings. The third-order valence-electron chi connectivity index (χ3n) is 11.1. The molecule has 0 N–H and O–H groups in total. The predicted octanol–water partition coefficient (Wildman–Crippen LogP) is 16.5. The molecule has 0 aliphatic heterocycles. The van der Waals surface area contributed by atoms with Gasteiger partial charge in [-0.25, -0.2) is 0 Å². The minimum absolute atomic E-state index is 0.0742. The molecule has 0 radical (unpaired) electrons. The van der Waals surface area contributed by atoms with Crippen LogP contribution in [0.2, 0.25) is 0 Å². The molecule has 59 heavy (non-hydrogen) atoms. The molecule has 0 heterocycles. The van der Waals surface area contributed by atoms with E-state index in [4.69, 9.17) is 14.2 Å². The molecule has 0 amide bonds. The van der Waals surface area contributed by atoms with Crippen LogP contribution in [0.5, 0.6) is 0 Å². The van der Waals surface area contributed by atoms with Crippen LogP contribution < -0.4 is 0 Å². The summed E-state index contributed by atoms with van der Waals surface area (Å²) in [5.41, 5.74) is 0. The summed E-state index contributed by atoms with van der Waals surface area (Å²) in [5, 5.41) is 0. The highest BCUT2D eigenvalue weighted by Crippen LogP contribution is 2.15. The van der Waals surface area contributed by atoms with E-state index in [1.807, 2.05) is 0 Å². The van der Waals surface area contributed by atoms with Gasteiger partial charge in [-0.15, -0.1) is 0 Å². The van der Waals surface area contributed by atoms with Crippen LogP contribution in [0.3, 0.4) is 0 Å². The third-order valence-corrected chi connectivity index (χ3v) is 11.1. The highest BCUT2D eigenvalue weighted by molar-refractivity contribution is 5.71. The fraction of sp³-hybridized carbons (Fsp3) is 0.830. The van der Waals surface area contributed by atoms with Crippen molar-refractivity contribution >= 4 is 17.9 Å². The predicted molar refractivity (Wildman–Crippen MR) is 252 cm³/mol. The molecule has 6 heteroatoms. The Morgan fingerprint density at radius 3 is 1.03 bits per heavy atom. The average Bonchev–Trinajstić information content (AvgIpc) is 3.23. The Morgan fingerprint density at radius 2 is 0.627 bits per heavy atom. The first-order valence-electron chi connectivity index (χ1n) is 25.5. The zero-order chi connectivity index (χ0) is 43.0. The Morgan fingerprint density at radius 1 is 0.339 bits per heavy atom. The van der Waals surface area contributed by atoms with E-state index in [-0.39, 0.29) is 31.1 Å². The zero-order valence-corrected chi connectivity index (χ0v) is 39.3. The van der Waals surface area contributed by atoms with Gasteiger partial charge in [-0.3, -0.25) is 14.4 Å². The van der Waals surface area contributed by atoms with Gasteiger partial charge in [-0.05, 0) is 70.6 Å². The number of rotatable bonds is 46. The van der Waals surface area contributed by atoms with Gasteiger partial charge in [0.2, 0.25) is 0 Å². The maximum absolute atomic E-state index is 12.7. The van der Waals surface area contributed by atoms with E-state index in [1.165, 1.54) is 148 Å². The lowest BCUT2D eigenvalue weighted by Gasteiger charge is -2.18. The summed E-state index contributed by atoms with van der Waals surface area (Å²) in [6, 6.07) is 0. The summed E-state index contributed by atoms with van der Waals surface area (Å²) in [5.74, 6) is -0.882. The van der Waals surface area contributed by atoms with Gasteiger partial charge in [0.15, 0.2) is 6.10 Å². The molecule has 0 saturated carbocycles. The number of unbranched alkanes of at least 4 members (excludes halogenated alkanes) is 29. The minimum atomic E-state index is -0.773. The Labute approximate surface area is 365 Å². The van der Waals surface area contributed by atoms with Gasteiger partial charge in [0, 0.05) is 19.3 Å². The molecule has 0 unspecified atom stereocenters. The number of carbonyl (C=O) groups is 3. The molecule has 0 rings (SSSR count). The standard InChI is InChI=1S/C53H96O6/c1-4-7-10-13-16-19-22-23-24-25-26-27-28-29-32-34-37-40-43-46-52(55)58-49-50(59-53(56)47-44-41-38-35-31-21-18-15-12-9-6-3)48-57-51(54)45-42-39-36-33-30-20-17-14-11-8-5-2/h15-16,18-19,23-24,50H,4-14,17,20-22,25-49H2,1-3H3/b18-15-,19-16-,24-23-/t50-/m0/s1. The fourth-order valence-electron chi connectivity index (χ4n) is 7.22. The van der Waals surface area contributed by atoms with Crippen LogP contribution in [0.4, 0.5) is 0 Å². The molecule has 0 bridgehead atoms. The summed E-state index contributed by atoms with van der Waals surface area (Å²) in [7, 11) is 0. The third kappa shape index (κ3) is 46.5. The molecule has 344 valence electrons. The first-order valence-corrected chi connectivity index (χ1v) is 25.5. The van der Waals surface area contributed by atoms with Crippen molar-refractivity contribution in [3.8, 4) is 0 Å². The second kappa shape index (κ2) is 48.3. The molecule has 0 spiro atoms. The number of hydrogen-bond donors (Lipinski definition) is 0. The lowest BCUT2D eigenvalue weighted by atomic mass is 10.1. The van der Waals surface area contributed by atoms with Crippen LogP contribution in [0, 0.1) is 0 Å². The number of ether oxygens (including phenoxy) is 3. The maximum Gasteiger partial charge on any atom is 0.306 e. The Bertz CT molecular complexity index is 1000. The second-order valence-electron chi connectivity index (χ2n) is 17.1. The van der Waals surface area contributed by atoms with Crippen molar-refractivity contribution in [2.75, 3.05) is 13.2 Å². The van der Waals surface area contributed by atoms with Gasteiger partial charge < -0.3 is 14.2 Å². The van der Waals surface area contributed by atoms with Crippen molar-refractivity contribution in [3.05, 3.63) is 36.5 Å². The molecule has 0 aromatic heterocycles. The van der Waals surface area contributed by atoms with Crippen LogP contribution in [-0.2, 0) is 28.6 Å². The molecule has 0 aromatic rings. The summed E-state index contributed by atoms with van der Waals surface area (Å²) >= 11 is 0. The van der Waals surface area contributed by atoms with E-state index >= 15 is 0 Å². The summed E-state index contributed by atoms with van der Waals surface area (Å²) < 4.78 is 16.8. The van der Waals surface area contributed by atoms with E-state index in [0.29, 0.717) is 19.3 Å². The normalized spacial score (nSPS) is 12.3. The average molecular weight is 829 g/mol. The molecular formula is C53H96O6. The van der Waals surface area contributed by atoms with Gasteiger partial charge >= 0.3 is 17.9 Å². The Hall–Kier alpha value is -2.37. The van der Waals surface area contributed by atoms with E-state index in [2.05, 4.69) is 57.2 Å². The van der Waals surface area contributed by atoms with E-state index < -0.39 is 6.10 Å². The van der Waals surface area contributed by atoms with Crippen LogP contribution in [0.1, 0.15) is 265 Å². The number of carbonyl (C=O) groups excluding carboxylic acids is 3. The SMILES string of the molecule is CCCC/C=C\CCCCCCCC(=O)O[C@H](COC(=O)CCCCCCCCCCC/C=C\C/C=C\CCCCC)COC(=O)CCCCCCCCCCCCC. The van der Waals surface area contributed by atoms with Gasteiger partial charge in [0.05, 0.1) is 0 Å². The van der Waals surface area contributed by atoms with Crippen molar-refractivity contribution < 1.29 is 28.6 Å². The number of hydrogen-bond acceptors (Lipinski definition) is 6. The fourth-order valence-corrected chi connectivity index (χ4v) is 7.22.